The van der Waals surface area contributed by atoms with E-state index in [2.05, 4.69) is 30.3 Å². The number of aliphatic hydroxyl groups excluding tert-OH is 1. The molecule has 0 aliphatic carbocycles. The van der Waals surface area contributed by atoms with Gasteiger partial charge in [-0.3, -0.25) is 9.78 Å². The number of rotatable bonds is 6. The quantitative estimate of drug-likeness (QED) is 0.299. The minimum atomic E-state index is -0.899. The molecule has 0 spiro atoms. The highest BCUT2D eigenvalue weighted by Gasteiger charge is 2.26. The van der Waals surface area contributed by atoms with Crippen molar-refractivity contribution < 1.29 is 19.7 Å². The highest BCUT2D eigenvalue weighted by atomic mass is 16.5. The summed E-state index contributed by atoms with van der Waals surface area (Å²) in [4.78, 5) is 37.7. The van der Waals surface area contributed by atoms with Gasteiger partial charge >= 0.3 is 5.97 Å². The number of hydrogen-bond acceptors (Lipinski definition) is 12. The van der Waals surface area contributed by atoms with Gasteiger partial charge < -0.3 is 14.9 Å². The Morgan fingerprint density at radius 1 is 1.25 bits per heavy atom. The Morgan fingerprint density at radius 3 is 2.67 bits per heavy atom. The molecule has 0 amide bonds. The van der Waals surface area contributed by atoms with E-state index in [0.717, 1.165) is 11.7 Å². The van der Waals surface area contributed by atoms with Gasteiger partial charge in [0, 0.05) is 24.0 Å². The van der Waals surface area contributed by atoms with Crippen LogP contribution in [-0.4, -0.2) is 52.6 Å². The second-order valence-corrected chi connectivity index (χ2v) is 7.14. The number of azo groups is 1. The van der Waals surface area contributed by atoms with E-state index in [9.17, 15) is 25.1 Å². The molecule has 0 saturated heterocycles. The highest BCUT2D eigenvalue weighted by Crippen LogP contribution is 2.31. The van der Waals surface area contributed by atoms with E-state index >= 15 is 0 Å². The van der Waals surface area contributed by atoms with Gasteiger partial charge in [-0.25, -0.2) is 19.3 Å². The zero-order valence-electron chi connectivity index (χ0n) is 18.9. The van der Waals surface area contributed by atoms with Crippen LogP contribution in [0.15, 0.2) is 58.1 Å². The lowest BCUT2D eigenvalue weighted by Gasteiger charge is -2.15. The maximum atomic E-state index is 13.4. The van der Waals surface area contributed by atoms with Gasteiger partial charge in [0.1, 0.15) is 23.5 Å². The molecule has 14 heteroatoms. The average molecular weight is 487 g/mol. The van der Waals surface area contributed by atoms with Crippen LogP contribution in [-0.2, 0) is 11.3 Å². The number of esters is 1. The first kappa shape index (κ1) is 23.9. The van der Waals surface area contributed by atoms with Gasteiger partial charge in [-0.1, -0.05) is 0 Å². The summed E-state index contributed by atoms with van der Waals surface area (Å²) in [5, 5.41) is 41.9. The van der Waals surface area contributed by atoms with Crippen molar-refractivity contribution >= 4 is 17.5 Å². The molecule has 0 atom stereocenters. The lowest BCUT2D eigenvalue weighted by molar-refractivity contribution is 0.0595. The fraction of sp³-hybridized carbons (Fsp3) is 0.136. The van der Waals surface area contributed by atoms with Gasteiger partial charge in [-0.05, 0) is 19.1 Å². The fourth-order valence-electron chi connectivity index (χ4n) is 3.33. The highest BCUT2D eigenvalue weighted by molar-refractivity contribution is 5.95. The number of nitriles is 1. The van der Waals surface area contributed by atoms with Crippen LogP contribution in [0.3, 0.4) is 0 Å². The summed E-state index contributed by atoms with van der Waals surface area (Å²) < 4.78 is 6.83. The normalized spacial score (nSPS) is 10.9. The number of aromatic nitrogens is 6. The van der Waals surface area contributed by atoms with E-state index in [1.165, 1.54) is 54.7 Å². The standard InChI is InChI=1S/C22H17N9O5/c1-12-17(22(35)36-2)20(33)30(15-3-5-24-6-4-15)21(34)18(12)28-29-19-13(8-23)9-27-31(19)16-7-14(10-32)25-11-26-16/h3-7,9,11,32-33H,10H2,1-2H3. The van der Waals surface area contributed by atoms with Crippen LogP contribution in [0.25, 0.3) is 11.5 Å². The third-order valence-electron chi connectivity index (χ3n) is 5.08. The minimum Gasteiger partial charge on any atom is -0.494 e. The molecule has 0 radical (unpaired) electrons. The summed E-state index contributed by atoms with van der Waals surface area (Å²) in [6.07, 6.45) is 5.24. The smallest absolute Gasteiger partial charge is 0.343 e. The second-order valence-electron chi connectivity index (χ2n) is 7.14. The molecule has 4 aromatic rings. The lowest BCUT2D eigenvalue weighted by atomic mass is 10.1. The van der Waals surface area contributed by atoms with Crippen LogP contribution < -0.4 is 5.56 Å². The maximum absolute atomic E-state index is 13.4. The summed E-state index contributed by atoms with van der Waals surface area (Å²) in [6, 6.07) is 6.27. The van der Waals surface area contributed by atoms with E-state index in [4.69, 9.17) is 4.74 Å². The summed E-state index contributed by atoms with van der Waals surface area (Å²) in [6.45, 7) is 1.05. The van der Waals surface area contributed by atoms with Crippen molar-refractivity contribution in [2.45, 2.75) is 13.5 Å². The largest absolute Gasteiger partial charge is 0.494 e. The molecule has 14 nitrogen and oxygen atoms in total. The maximum Gasteiger partial charge on any atom is 0.343 e. The monoisotopic (exact) mass is 487 g/mol. The number of aromatic hydroxyl groups is 1. The lowest BCUT2D eigenvalue weighted by Crippen LogP contribution is -2.22. The Bertz CT molecular complexity index is 1590. The van der Waals surface area contributed by atoms with Crippen molar-refractivity contribution in [3.8, 4) is 23.5 Å². The van der Waals surface area contributed by atoms with Crippen molar-refractivity contribution in [3.05, 3.63) is 75.9 Å². The first-order valence-corrected chi connectivity index (χ1v) is 10.2. The van der Waals surface area contributed by atoms with Crippen molar-refractivity contribution in [2.75, 3.05) is 7.11 Å². The molecule has 36 heavy (non-hydrogen) atoms. The Balaban J connectivity index is 1.94. The fourth-order valence-corrected chi connectivity index (χ4v) is 3.33. The predicted octanol–water partition coefficient (Wildman–Crippen LogP) is 1.79. The summed E-state index contributed by atoms with van der Waals surface area (Å²) >= 11 is 0. The Morgan fingerprint density at radius 2 is 2.00 bits per heavy atom. The molecule has 180 valence electrons. The number of carbonyl (C=O) groups is 1. The topological polar surface area (TPSA) is 194 Å². The molecule has 4 aromatic heterocycles. The van der Waals surface area contributed by atoms with Gasteiger partial charge in [0.25, 0.3) is 5.56 Å². The molecule has 0 fully saturated rings. The van der Waals surface area contributed by atoms with Crippen molar-refractivity contribution in [3.63, 3.8) is 0 Å². The average Bonchev–Trinajstić information content (AvgIpc) is 3.32. The molecule has 0 saturated carbocycles. The summed E-state index contributed by atoms with van der Waals surface area (Å²) in [5.41, 5.74) is -0.833. The van der Waals surface area contributed by atoms with Crippen LogP contribution in [0.2, 0.25) is 0 Å². The molecule has 2 N–H and O–H groups in total. The number of ether oxygens (including phenoxy) is 1. The van der Waals surface area contributed by atoms with Crippen LogP contribution in [0.1, 0.15) is 27.2 Å². The van der Waals surface area contributed by atoms with E-state index < -0.39 is 17.4 Å². The molecule has 0 aliphatic heterocycles. The van der Waals surface area contributed by atoms with E-state index in [-0.39, 0.29) is 46.3 Å². The molecular weight excluding hydrogens is 470 g/mol. The molecule has 4 rings (SSSR count). The predicted molar refractivity (Wildman–Crippen MR) is 122 cm³/mol. The van der Waals surface area contributed by atoms with E-state index in [1.54, 1.807) is 0 Å². The number of hydrogen-bond donors (Lipinski definition) is 2. The van der Waals surface area contributed by atoms with Crippen LogP contribution in [0.4, 0.5) is 11.5 Å². The van der Waals surface area contributed by atoms with Crippen LogP contribution in [0.5, 0.6) is 5.88 Å². The van der Waals surface area contributed by atoms with Crippen molar-refractivity contribution in [2.24, 2.45) is 10.2 Å². The van der Waals surface area contributed by atoms with Crippen molar-refractivity contribution in [1.29, 1.82) is 5.26 Å². The number of carbonyl (C=O) groups excluding carboxylic acids is 1. The van der Waals surface area contributed by atoms with Crippen molar-refractivity contribution in [1.82, 2.24) is 29.3 Å². The van der Waals surface area contributed by atoms with Gasteiger partial charge in [-0.15, -0.1) is 10.2 Å². The summed E-state index contributed by atoms with van der Waals surface area (Å²) in [5.74, 6) is -1.42. The number of aliphatic hydroxyl groups is 1. The SMILES string of the molecule is COC(=O)c1c(C)c(N=Nc2c(C#N)cnn2-c2cc(CO)ncn2)c(=O)n(-c2ccncc2)c1O. The van der Waals surface area contributed by atoms with Gasteiger partial charge in [0.15, 0.2) is 17.3 Å². The van der Waals surface area contributed by atoms with Crippen LogP contribution >= 0.6 is 0 Å². The summed E-state index contributed by atoms with van der Waals surface area (Å²) in [7, 11) is 1.13. The third-order valence-corrected chi connectivity index (χ3v) is 5.08. The van der Waals surface area contributed by atoms with Gasteiger partial charge in [0.2, 0.25) is 5.88 Å². The van der Waals surface area contributed by atoms with Crippen LogP contribution in [0, 0.1) is 18.3 Å². The number of pyridine rings is 2. The minimum absolute atomic E-state index is 0.00702. The third kappa shape index (κ3) is 4.17. The first-order valence-electron chi connectivity index (χ1n) is 10.2. The molecule has 0 aromatic carbocycles. The van der Waals surface area contributed by atoms with Gasteiger partial charge in [0.05, 0.1) is 31.3 Å². The number of nitrogens with zero attached hydrogens (tertiary/aromatic N) is 9. The zero-order chi connectivity index (χ0) is 25.8. The number of methoxy groups -OCH3 is 1. The molecule has 4 heterocycles. The molecular formula is C22H17N9O5. The molecule has 0 aliphatic rings. The zero-order valence-corrected chi connectivity index (χ0v) is 18.9. The van der Waals surface area contributed by atoms with E-state index in [0.29, 0.717) is 5.69 Å². The second kappa shape index (κ2) is 9.91. The molecule has 0 unspecified atom stereocenters. The Kier molecular flexibility index (Phi) is 6.57. The molecule has 0 bridgehead atoms. The van der Waals surface area contributed by atoms with E-state index in [1.807, 2.05) is 6.07 Å². The van der Waals surface area contributed by atoms with Gasteiger partial charge in [-0.2, -0.15) is 15.0 Å². The first-order chi connectivity index (χ1) is 17.4. The Hall–Kier alpha value is -5.29. The Labute approximate surface area is 202 Å².